The van der Waals surface area contributed by atoms with Crippen molar-refractivity contribution in [3.8, 4) is 0 Å². The average Bonchev–Trinajstić information content (AvgIpc) is 2.08. The zero-order valence-electron chi connectivity index (χ0n) is 8.50. The zero-order chi connectivity index (χ0) is 10.7. The van der Waals surface area contributed by atoms with Crippen LogP contribution < -0.4 is 5.73 Å². The van der Waals surface area contributed by atoms with Crippen molar-refractivity contribution >= 4 is 0 Å². The van der Waals surface area contributed by atoms with Crippen LogP contribution in [0.1, 0.15) is 30.6 Å². The van der Waals surface area contributed by atoms with Crippen LogP contribution in [0.5, 0.6) is 0 Å². The molecule has 78 valence electrons. The number of aliphatic hydroxyl groups is 1. The Morgan fingerprint density at radius 3 is 2.64 bits per heavy atom. The summed E-state index contributed by atoms with van der Waals surface area (Å²) in [7, 11) is 0. The van der Waals surface area contributed by atoms with Gasteiger partial charge in [-0.05, 0) is 37.5 Å². The van der Waals surface area contributed by atoms with E-state index in [9.17, 15) is 9.50 Å². The number of halogens is 1. The first-order chi connectivity index (χ1) is 6.50. The number of hydrogen-bond donors (Lipinski definition) is 2. The molecule has 0 spiro atoms. The van der Waals surface area contributed by atoms with E-state index >= 15 is 0 Å². The first-order valence-corrected chi connectivity index (χ1v) is 4.70. The fourth-order valence-electron chi connectivity index (χ4n) is 1.30. The molecular formula is C11H16FNO. The summed E-state index contributed by atoms with van der Waals surface area (Å²) in [5.41, 5.74) is 6.72. The van der Waals surface area contributed by atoms with Crippen molar-refractivity contribution in [3.63, 3.8) is 0 Å². The van der Waals surface area contributed by atoms with E-state index in [0.29, 0.717) is 17.5 Å². The third-order valence-electron chi connectivity index (χ3n) is 2.18. The molecule has 0 aliphatic carbocycles. The highest BCUT2D eigenvalue weighted by Gasteiger charge is 2.11. The Bertz CT molecular complexity index is 312. The number of hydrogen-bond acceptors (Lipinski definition) is 2. The van der Waals surface area contributed by atoms with E-state index < -0.39 is 6.10 Å². The maximum absolute atomic E-state index is 13.1. The van der Waals surface area contributed by atoms with Crippen LogP contribution in [0.2, 0.25) is 0 Å². The highest BCUT2D eigenvalue weighted by molar-refractivity contribution is 5.24. The Labute approximate surface area is 83.6 Å². The number of aryl methyl sites for hydroxylation is 1. The standard InChI is InChI=1S/C11H16FNO/c1-7-3-4-9(6-10(7)12)11(14)5-8(2)13/h3-4,6,8,11,14H,5,13H2,1-2H3. The van der Waals surface area contributed by atoms with Crippen molar-refractivity contribution in [2.24, 2.45) is 5.73 Å². The van der Waals surface area contributed by atoms with Crippen LogP contribution in [-0.2, 0) is 0 Å². The Balaban J connectivity index is 2.80. The van der Waals surface area contributed by atoms with Gasteiger partial charge in [-0.25, -0.2) is 4.39 Å². The predicted molar refractivity (Wildman–Crippen MR) is 54.4 cm³/mol. The molecule has 0 radical (unpaired) electrons. The van der Waals surface area contributed by atoms with E-state index in [0.717, 1.165) is 0 Å². The van der Waals surface area contributed by atoms with E-state index in [-0.39, 0.29) is 11.9 Å². The quantitative estimate of drug-likeness (QED) is 0.777. The van der Waals surface area contributed by atoms with Gasteiger partial charge in [0.15, 0.2) is 0 Å². The summed E-state index contributed by atoms with van der Waals surface area (Å²) in [5.74, 6) is -0.286. The summed E-state index contributed by atoms with van der Waals surface area (Å²) < 4.78 is 13.1. The lowest BCUT2D eigenvalue weighted by atomic mass is 10.0. The van der Waals surface area contributed by atoms with Gasteiger partial charge in [0.05, 0.1) is 6.10 Å². The largest absolute Gasteiger partial charge is 0.388 e. The van der Waals surface area contributed by atoms with E-state index in [1.54, 1.807) is 19.1 Å². The Hall–Kier alpha value is -0.930. The molecule has 0 aliphatic rings. The summed E-state index contributed by atoms with van der Waals surface area (Å²) in [4.78, 5) is 0. The molecule has 14 heavy (non-hydrogen) atoms. The monoisotopic (exact) mass is 197 g/mol. The van der Waals surface area contributed by atoms with Crippen LogP contribution in [0.15, 0.2) is 18.2 Å². The van der Waals surface area contributed by atoms with Crippen molar-refractivity contribution in [3.05, 3.63) is 35.1 Å². The van der Waals surface area contributed by atoms with E-state index in [2.05, 4.69) is 0 Å². The van der Waals surface area contributed by atoms with Gasteiger partial charge in [0.1, 0.15) is 5.82 Å². The van der Waals surface area contributed by atoms with E-state index in [4.69, 9.17) is 5.73 Å². The van der Waals surface area contributed by atoms with Gasteiger partial charge in [0.2, 0.25) is 0 Å². The summed E-state index contributed by atoms with van der Waals surface area (Å²) in [6.07, 6.45) is -0.229. The Kier molecular flexibility index (Phi) is 3.61. The molecule has 3 N–H and O–H groups in total. The zero-order valence-corrected chi connectivity index (χ0v) is 8.50. The fourth-order valence-corrected chi connectivity index (χ4v) is 1.30. The summed E-state index contributed by atoms with van der Waals surface area (Å²) in [6, 6.07) is 4.66. The molecule has 1 aromatic rings. The van der Waals surface area contributed by atoms with Crippen LogP contribution in [0.4, 0.5) is 4.39 Å². The lowest BCUT2D eigenvalue weighted by Crippen LogP contribution is -2.18. The van der Waals surface area contributed by atoms with Gasteiger partial charge in [-0.15, -0.1) is 0 Å². The van der Waals surface area contributed by atoms with Gasteiger partial charge in [-0.2, -0.15) is 0 Å². The smallest absolute Gasteiger partial charge is 0.126 e. The van der Waals surface area contributed by atoms with Crippen LogP contribution in [0, 0.1) is 12.7 Å². The van der Waals surface area contributed by atoms with Gasteiger partial charge in [0, 0.05) is 6.04 Å². The second-order valence-electron chi connectivity index (χ2n) is 3.74. The molecule has 0 bridgehead atoms. The summed E-state index contributed by atoms with van der Waals surface area (Å²) in [5, 5.41) is 9.66. The van der Waals surface area contributed by atoms with Crippen molar-refractivity contribution < 1.29 is 9.50 Å². The second-order valence-corrected chi connectivity index (χ2v) is 3.74. The molecule has 0 aromatic heterocycles. The van der Waals surface area contributed by atoms with Gasteiger partial charge in [-0.1, -0.05) is 12.1 Å². The molecule has 3 heteroatoms. The van der Waals surface area contributed by atoms with Gasteiger partial charge in [0.25, 0.3) is 0 Å². The molecule has 0 amide bonds. The maximum Gasteiger partial charge on any atom is 0.126 e. The van der Waals surface area contributed by atoms with Crippen molar-refractivity contribution in [2.75, 3.05) is 0 Å². The number of nitrogens with two attached hydrogens (primary N) is 1. The lowest BCUT2D eigenvalue weighted by Gasteiger charge is -2.13. The van der Waals surface area contributed by atoms with Crippen molar-refractivity contribution in [1.29, 1.82) is 0 Å². The van der Waals surface area contributed by atoms with Crippen LogP contribution in [0.3, 0.4) is 0 Å². The summed E-state index contributed by atoms with van der Waals surface area (Å²) >= 11 is 0. The van der Waals surface area contributed by atoms with E-state index in [1.165, 1.54) is 6.07 Å². The summed E-state index contributed by atoms with van der Waals surface area (Å²) in [6.45, 7) is 3.50. The van der Waals surface area contributed by atoms with Crippen molar-refractivity contribution in [1.82, 2.24) is 0 Å². The second kappa shape index (κ2) is 4.53. The van der Waals surface area contributed by atoms with Crippen LogP contribution in [0.25, 0.3) is 0 Å². The molecule has 0 aliphatic heterocycles. The molecule has 2 unspecified atom stereocenters. The topological polar surface area (TPSA) is 46.2 Å². The molecule has 0 fully saturated rings. The highest BCUT2D eigenvalue weighted by atomic mass is 19.1. The average molecular weight is 197 g/mol. The predicted octanol–water partition coefficient (Wildman–Crippen LogP) is 1.90. The van der Waals surface area contributed by atoms with E-state index in [1.807, 2.05) is 6.92 Å². The molecule has 2 atom stereocenters. The SMILES string of the molecule is Cc1ccc(C(O)CC(C)N)cc1F. The minimum Gasteiger partial charge on any atom is -0.388 e. The molecule has 0 saturated heterocycles. The molecular weight excluding hydrogens is 181 g/mol. The minimum absolute atomic E-state index is 0.0886. The molecule has 0 heterocycles. The van der Waals surface area contributed by atoms with Gasteiger partial charge >= 0.3 is 0 Å². The Morgan fingerprint density at radius 2 is 2.14 bits per heavy atom. The highest BCUT2D eigenvalue weighted by Crippen LogP contribution is 2.19. The molecule has 2 nitrogen and oxygen atoms in total. The molecule has 0 saturated carbocycles. The van der Waals surface area contributed by atoms with Crippen LogP contribution in [-0.4, -0.2) is 11.1 Å². The lowest BCUT2D eigenvalue weighted by molar-refractivity contribution is 0.160. The minimum atomic E-state index is -0.676. The number of benzene rings is 1. The molecule has 1 aromatic carbocycles. The third-order valence-corrected chi connectivity index (χ3v) is 2.18. The van der Waals surface area contributed by atoms with Gasteiger partial charge < -0.3 is 10.8 Å². The number of rotatable bonds is 3. The molecule has 1 rings (SSSR count). The van der Waals surface area contributed by atoms with Crippen molar-refractivity contribution in [2.45, 2.75) is 32.4 Å². The fraction of sp³-hybridized carbons (Fsp3) is 0.455. The van der Waals surface area contributed by atoms with Crippen LogP contribution >= 0.6 is 0 Å². The first-order valence-electron chi connectivity index (χ1n) is 4.70. The number of aliphatic hydroxyl groups excluding tert-OH is 1. The third kappa shape index (κ3) is 2.79. The first kappa shape index (κ1) is 11.1. The van der Waals surface area contributed by atoms with Gasteiger partial charge in [-0.3, -0.25) is 0 Å². The maximum atomic E-state index is 13.1. The Morgan fingerprint density at radius 1 is 1.50 bits per heavy atom. The normalized spacial score (nSPS) is 15.2.